The van der Waals surface area contributed by atoms with Crippen molar-refractivity contribution in [2.75, 3.05) is 12.4 Å². The molecule has 0 atom stereocenters. The number of ether oxygens (including phenoxy) is 1. The maximum Gasteiger partial charge on any atom is 0.261 e. The highest BCUT2D eigenvalue weighted by Gasteiger charge is 2.15. The number of rotatable bonds is 3. The molecule has 126 valence electrons. The molecule has 1 amide bonds. The number of hydrogen-bond acceptors (Lipinski definition) is 4. The Morgan fingerprint density at radius 3 is 2.52 bits per heavy atom. The van der Waals surface area contributed by atoms with Crippen LogP contribution < -0.4 is 15.4 Å². The van der Waals surface area contributed by atoms with Crippen LogP contribution in [-0.2, 0) is 0 Å². The molecule has 2 aromatic carbocycles. The van der Waals surface area contributed by atoms with Crippen LogP contribution in [0.5, 0.6) is 5.75 Å². The van der Waals surface area contributed by atoms with E-state index < -0.39 is 0 Å². The molecule has 3 rings (SSSR count). The molecule has 1 heterocycles. The molecule has 0 aliphatic rings. The standard InChI is InChI=1S/C19H17N3O2S/c1-12-7-8-20-17(9-12)21-19(25)22-18(23)15-10-13-5-3-4-6-14(13)11-16(15)24-2/h3-11H,1-2H3,(H2,20,21,22,23,25). The van der Waals surface area contributed by atoms with E-state index in [0.717, 1.165) is 16.3 Å². The van der Waals surface area contributed by atoms with Gasteiger partial charge < -0.3 is 10.1 Å². The van der Waals surface area contributed by atoms with Gasteiger partial charge in [-0.1, -0.05) is 24.3 Å². The Kier molecular flexibility index (Phi) is 4.90. The third kappa shape index (κ3) is 3.92. The number of aryl methyl sites for hydroxylation is 1. The number of amides is 1. The third-order valence-corrected chi connectivity index (χ3v) is 3.90. The maximum absolute atomic E-state index is 12.6. The Morgan fingerprint density at radius 1 is 1.12 bits per heavy atom. The van der Waals surface area contributed by atoms with Gasteiger partial charge in [0.1, 0.15) is 11.6 Å². The SMILES string of the molecule is COc1cc2ccccc2cc1C(=O)NC(=S)Nc1cc(C)ccn1. The summed E-state index contributed by atoms with van der Waals surface area (Å²) in [4.78, 5) is 16.8. The van der Waals surface area contributed by atoms with Crippen molar-refractivity contribution in [3.05, 3.63) is 65.9 Å². The second-order valence-electron chi connectivity index (χ2n) is 5.53. The highest BCUT2D eigenvalue weighted by atomic mass is 32.1. The van der Waals surface area contributed by atoms with Gasteiger partial charge in [0.25, 0.3) is 5.91 Å². The number of nitrogens with one attached hydrogen (secondary N) is 2. The van der Waals surface area contributed by atoms with E-state index in [2.05, 4.69) is 15.6 Å². The summed E-state index contributed by atoms with van der Waals surface area (Å²) >= 11 is 5.21. The van der Waals surface area contributed by atoms with Gasteiger partial charge in [-0.3, -0.25) is 10.1 Å². The normalized spacial score (nSPS) is 10.3. The zero-order valence-electron chi connectivity index (χ0n) is 13.9. The van der Waals surface area contributed by atoms with E-state index in [0.29, 0.717) is 17.1 Å². The molecule has 25 heavy (non-hydrogen) atoms. The van der Waals surface area contributed by atoms with E-state index in [4.69, 9.17) is 17.0 Å². The molecule has 0 bridgehead atoms. The molecule has 6 heteroatoms. The Hall–Kier alpha value is -2.99. The Morgan fingerprint density at radius 2 is 1.84 bits per heavy atom. The predicted molar refractivity (Wildman–Crippen MR) is 103 cm³/mol. The van der Waals surface area contributed by atoms with Crippen molar-refractivity contribution in [2.24, 2.45) is 0 Å². The van der Waals surface area contributed by atoms with Gasteiger partial charge in [-0.15, -0.1) is 0 Å². The summed E-state index contributed by atoms with van der Waals surface area (Å²) < 4.78 is 5.35. The number of nitrogens with zero attached hydrogens (tertiary/aromatic N) is 1. The lowest BCUT2D eigenvalue weighted by atomic mass is 10.1. The van der Waals surface area contributed by atoms with Crippen molar-refractivity contribution in [1.29, 1.82) is 0 Å². The summed E-state index contributed by atoms with van der Waals surface area (Å²) in [6.07, 6.45) is 1.68. The molecule has 1 aromatic heterocycles. The van der Waals surface area contributed by atoms with Crippen molar-refractivity contribution in [3.8, 4) is 5.75 Å². The van der Waals surface area contributed by atoms with Crippen molar-refractivity contribution >= 4 is 39.8 Å². The summed E-state index contributed by atoms with van der Waals surface area (Å²) in [7, 11) is 1.54. The van der Waals surface area contributed by atoms with E-state index in [-0.39, 0.29) is 11.0 Å². The van der Waals surface area contributed by atoms with Gasteiger partial charge >= 0.3 is 0 Å². The number of hydrogen-bond donors (Lipinski definition) is 2. The van der Waals surface area contributed by atoms with E-state index in [9.17, 15) is 4.79 Å². The Labute approximate surface area is 151 Å². The summed E-state index contributed by atoms with van der Waals surface area (Å²) in [5.74, 6) is 0.733. The van der Waals surface area contributed by atoms with Crippen LogP contribution >= 0.6 is 12.2 Å². The first-order valence-corrected chi connectivity index (χ1v) is 8.09. The first-order valence-electron chi connectivity index (χ1n) is 7.68. The zero-order chi connectivity index (χ0) is 17.8. The third-order valence-electron chi connectivity index (χ3n) is 3.70. The number of pyridine rings is 1. The highest BCUT2D eigenvalue weighted by molar-refractivity contribution is 7.80. The lowest BCUT2D eigenvalue weighted by Gasteiger charge is -2.12. The summed E-state index contributed by atoms with van der Waals surface area (Å²) in [5.41, 5.74) is 1.46. The molecule has 0 unspecified atom stereocenters. The number of aromatic nitrogens is 1. The second kappa shape index (κ2) is 7.27. The van der Waals surface area contributed by atoms with E-state index in [1.165, 1.54) is 7.11 Å². The molecule has 3 aromatic rings. The fraction of sp³-hybridized carbons (Fsp3) is 0.105. The van der Waals surface area contributed by atoms with Gasteiger partial charge in [-0.2, -0.15) is 0 Å². The Bertz CT molecular complexity index is 956. The number of anilines is 1. The van der Waals surface area contributed by atoms with Gasteiger partial charge in [0, 0.05) is 6.20 Å². The largest absolute Gasteiger partial charge is 0.496 e. The van der Waals surface area contributed by atoms with Crippen molar-refractivity contribution in [3.63, 3.8) is 0 Å². The average molecular weight is 351 g/mol. The van der Waals surface area contributed by atoms with Crippen molar-refractivity contribution in [1.82, 2.24) is 10.3 Å². The molecule has 0 fully saturated rings. The second-order valence-corrected chi connectivity index (χ2v) is 5.93. The van der Waals surface area contributed by atoms with Crippen molar-refractivity contribution in [2.45, 2.75) is 6.92 Å². The molecule has 0 spiro atoms. The first kappa shape index (κ1) is 16.9. The van der Waals surface area contributed by atoms with E-state index >= 15 is 0 Å². The Balaban J connectivity index is 1.80. The first-order chi connectivity index (χ1) is 12.1. The van der Waals surface area contributed by atoms with Gasteiger partial charge in [0.2, 0.25) is 0 Å². The topological polar surface area (TPSA) is 63.2 Å². The van der Waals surface area contributed by atoms with Crippen LogP contribution in [0, 0.1) is 6.92 Å². The molecule has 0 saturated carbocycles. The molecule has 0 aliphatic heterocycles. The number of thiocarbonyl (C=S) groups is 1. The van der Waals surface area contributed by atoms with Gasteiger partial charge in [0.05, 0.1) is 12.7 Å². The molecule has 2 N–H and O–H groups in total. The number of benzene rings is 2. The molecule has 0 aliphatic carbocycles. The van der Waals surface area contributed by atoms with Crippen LogP contribution in [0.15, 0.2) is 54.7 Å². The molecule has 0 radical (unpaired) electrons. The summed E-state index contributed by atoms with van der Waals surface area (Å²) in [5, 5.41) is 7.70. The van der Waals surface area contributed by atoms with Gasteiger partial charge in [-0.05, 0) is 59.7 Å². The van der Waals surface area contributed by atoms with Crippen LogP contribution in [0.25, 0.3) is 10.8 Å². The minimum atomic E-state index is -0.340. The zero-order valence-corrected chi connectivity index (χ0v) is 14.7. The highest BCUT2D eigenvalue weighted by Crippen LogP contribution is 2.25. The minimum Gasteiger partial charge on any atom is -0.496 e. The van der Waals surface area contributed by atoms with Gasteiger partial charge in [0.15, 0.2) is 5.11 Å². The minimum absolute atomic E-state index is 0.179. The monoisotopic (exact) mass is 351 g/mol. The molecular weight excluding hydrogens is 334 g/mol. The van der Waals surface area contributed by atoms with Gasteiger partial charge in [-0.25, -0.2) is 4.98 Å². The predicted octanol–water partition coefficient (Wildman–Crippen LogP) is 3.68. The number of methoxy groups -OCH3 is 1. The van der Waals surface area contributed by atoms with E-state index in [1.807, 2.05) is 49.4 Å². The average Bonchev–Trinajstić information content (AvgIpc) is 2.60. The number of fused-ring (bicyclic) bond motifs is 1. The van der Waals surface area contributed by atoms with Crippen LogP contribution in [0.3, 0.4) is 0 Å². The molecule has 0 saturated heterocycles. The van der Waals surface area contributed by atoms with Crippen LogP contribution in [0.1, 0.15) is 15.9 Å². The van der Waals surface area contributed by atoms with E-state index in [1.54, 1.807) is 12.3 Å². The molecule has 5 nitrogen and oxygen atoms in total. The fourth-order valence-corrected chi connectivity index (χ4v) is 2.69. The lowest BCUT2D eigenvalue weighted by molar-refractivity contribution is 0.0975. The summed E-state index contributed by atoms with van der Waals surface area (Å²) in [6, 6.07) is 15.1. The van der Waals surface area contributed by atoms with Crippen LogP contribution in [0.4, 0.5) is 5.82 Å². The fourth-order valence-electron chi connectivity index (χ4n) is 2.49. The molecular formula is C19H17N3O2S. The quantitative estimate of drug-likeness (QED) is 0.705. The van der Waals surface area contributed by atoms with Crippen LogP contribution in [0.2, 0.25) is 0 Å². The number of carbonyl (C=O) groups excluding carboxylic acids is 1. The van der Waals surface area contributed by atoms with Crippen molar-refractivity contribution < 1.29 is 9.53 Å². The smallest absolute Gasteiger partial charge is 0.261 e. The number of carbonyl (C=O) groups is 1. The maximum atomic E-state index is 12.6. The lowest BCUT2D eigenvalue weighted by Crippen LogP contribution is -2.34. The summed E-state index contributed by atoms with van der Waals surface area (Å²) in [6.45, 7) is 1.95. The van der Waals surface area contributed by atoms with Crippen LogP contribution in [-0.4, -0.2) is 23.1 Å².